The first-order chi connectivity index (χ1) is 10.3. The van der Waals surface area contributed by atoms with E-state index in [0.717, 1.165) is 58.7 Å². The number of nitrogens with one attached hydrogen (secondary N) is 1. The van der Waals surface area contributed by atoms with Crippen LogP contribution in [0.1, 0.15) is 18.4 Å². The van der Waals surface area contributed by atoms with Gasteiger partial charge in [-0.1, -0.05) is 0 Å². The van der Waals surface area contributed by atoms with E-state index in [1.165, 1.54) is 5.56 Å². The van der Waals surface area contributed by atoms with Gasteiger partial charge in [0, 0.05) is 51.7 Å². The van der Waals surface area contributed by atoms with E-state index in [9.17, 15) is 4.79 Å². The Kier molecular flexibility index (Phi) is 6.61. The molecule has 2 saturated heterocycles. The summed E-state index contributed by atoms with van der Waals surface area (Å²) >= 11 is 0. The van der Waals surface area contributed by atoms with Crippen molar-refractivity contribution in [3.8, 4) is 0 Å². The van der Waals surface area contributed by atoms with Gasteiger partial charge in [0.05, 0.1) is 5.92 Å². The van der Waals surface area contributed by atoms with E-state index in [2.05, 4.69) is 32.2 Å². The Morgan fingerprint density at radius 2 is 1.95 bits per heavy atom. The third-order valence-corrected chi connectivity index (χ3v) is 4.49. The molecule has 0 radical (unpaired) electrons. The number of hydrogen-bond donors (Lipinski definition) is 1. The van der Waals surface area contributed by atoms with Crippen molar-refractivity contribution in [3.63, 3.8) is 0 Å². The lowest BCUT2D eigenvalue weighted by Crippen LogP contribution is -2.51. The van der Waals surface area contributed by atoms with Crippen LogP contribution in [-0.2, 0) is 11.3 Å². The van der Waals surface area contributed by atoms with Gasteiger partial charge < -0.3 is 10.2 Å². The quantitative estimate of drug-likeness (QED) is 0.906. The maximum absolute atomic E-state index is 12.5. The van der Waals surface area contributed by atoms with Crippen molar-refractivity contribution in [3.05, 3.63) is 30.1 Å². The highest BCUT2D eigenvalue weighted by Gasteiger charge is 2.28. The summed E-state index contributed by atoms with van der Waals surface area (Å²) in [6.07, 6.45) is 5.85. The summed E-state index contributed by atoms with van der Waals surface area (Å²) in [4.78, 5) is 21.0. The number of nitrogens with zero attached hydrogens (tertiary/aromatic N) is 3. The summed E-state index contributed by atoms with van der Waals surface area (Å²) < 4.78 is 0. The van der Waals surface area contributed by atoms with Gasteiger partial charge in [0.2, 0.25) is 5.91 Å². The van der Waals surface area contributed by atoms with Gasteiger partial charge in [-0.2, -0.15) is 0 Å². The van der Waals surface area contributed by atoms with Crippen molar-refractivity contribution >= 4 is 18.3 Å². The molecule has 0 aromatic carbocycles. The summed E-state index contributed by atoms with van der Waals surface area (Å²) in [6.45, 7) is 6.53. The molecule has 1 amide bonds. The fourth-order valence-corrected chi connectivity index (χ4v) is 3.19. The van der Waals surface area contributed by atoms with Crippen LogP contribution in [0.5, 0.6) is 0 Å². The fourth-order valence-electron chi connectivity index (χ4n) is 3.19. The normalized spacial score (nSPS) is 22.9. The third kappa shape index (κ3) is 4.41. The van der Waals surface area contributed by atoms with Crippen LogP contribution in [0.2, 0.25) is 0 Å². The molecule has 5 nitrogen and oxygen atoms in total. The van der Waals surface area contributed by atoms with Crippen LogP contribution in [-0.4, -0.2) is 60.0 Å². The van der Waals surface area contributed by atoms with Gasteiger partial charge in [0.1, 0.15) is 0 Å². The molecule has 1 atom stereocenters. The van der Waals surface area contributed by atoms with Crippen molar-refractivity contribution in [2.75, 3.05) is 39.3 Å². The first-order valence-corrected chi connectivity index (χ1v) is 7.94. The van der Waals surface area contributed by atoms with Gasteiger partial charge in [-0.3, -0.25) is 14.7 Å². The van der Waals surface area contributed by atoms with Gasteiger partial charge in [0.25, 0.3) is 0 Å². The predicted molar refractivity (Wildman–Crippen MR) is 88.9 cm³/mol. The molecule has 0 bridgehead atoms. The van der Waals surface area contributed by atoms with Crippen LogP contribution in [0, 0.1) is 5.92 Å². The summed E-state index contributed by atoms with van der Waals surface area (Å²) in [7, 11) is 0. The molecule has 0 aliphatic carbocycles. The molecule has 3 heterocycles. The predicted octanol–water partition coefficient (Wildman–Crippen LogP) is 1.15. The molecule has 0 saturated carbocycles. The standard InChI is InChI=1S/C16H24N4O.ClH/c21-16(15-2-1-5-18-12-15)20-10-8-19(9-11-20)13-14-3-6-17-7-4-14;/h3-4,6-7,15,18H,1-2,5,8-13H2;1H/t15-;/m1./s1. The SMILES string of the molecule is Cl.O=C([C@@H]1CCCNC1)N1CCN(Cc2ccncc2)CC1. The Morgan fingerprint density at radius 3 is 2.59 bits per heavy atom. The Bertz CT molecular complexity index is 456. The second kappa shape index (κ2) is 8.46. The molecule has 22 heavy (non-hydrogen) atoms. The molecule has 6 heteroatoms. The Balaban J connectivity index is 0.00000176. The van der Waals surface area contributed by atoms with Gasteiger partial charge >= 0.3 is 0 Å². The number of carbonyl (C=O) groups excluding carboxylic acids is 1. The van der Waals surface area contributed by atoms with E-state index in [1.54, 1.807) is 0 Å². The second-order valence-electron chi connectivity index (χ2n) is 6.00. The molecule has 1 aromatic rings. The van der Waals surface area contributed by atoms with Crippen LogP contribution in [0.4, 0.5) is 0 Å². The monoisotopic (exact) mass is 324 g/mol. The zero-order chi connectivity index (χ0) is 14.5. The lowest BCUT2D eigenvalue weighted by Gasteiger charge is -2.37. The highest BCUT2D eigenvalue weighted by molar-refractivity contribution is 5.85. The van der Waals surface area contributed by atoms with E-state index in [0.29, 0.717) is 5.91 Å². The van der Waals surface area contributed by atoms with Crippen molar-refractivity contribution in [2.45, 2.75) is 19.4 Å². The third-order valence-electron chi connectivity index (χ3n) is 4.49. The van der Waals surface area contributed by atoms with E-state index in [1.807, 2.05) is 12.4 Å². The maximum Gasteiger partial charge on any atom is 0.227 e. The van der Waals surface area contributed by atoms with Gasteiger partial charge in [0.15, 0.2) is 0 Å². The Labute approximate surface area is 138 Å². The molecule has 1 aromatic heterocycles. The number of aromatic nitrogens is 1. The fraction of sp³-hybridized carbons (Fsp3) is 0.625. The number of piperidine rings is 1. The molecule has 3 rings (SSSR count). The smallest absolute Gasteiger partial charge is 0.227 e. The van der Waals surface area contributed by atoms with E-state index in [-0.39, 0.29) is 18.3 Å². The lowest BCUT2D eigenvalue weighted by atomic mass is 9.98. The van der Waals surface area contributed by atoms with Crippen molar-refractivity contribution in [1.82, 2.24) is 20.1 Å². The minimum Gasteiger partial charge on any atom is -0.340 e. The van der Waals surface area contributed by atoms with E-state index in [4.69, 9.17) is 0 Å². The highest BCUT2D eigenvalue weighted by atomic mass is 35.5. The molecule has 122 valence electrons. The highest BCUT2D eigenvalue weighted by Crippen LogP contribution is 2.15. The molecule has 1 N–H and O–H groups in total. The number of pyridine rings is 1. The minimum atomic E-state index is 0. The summed E-state index contributed by atoms with van der Waals surface area (Å²) in [5.41, 5.74) is 1.29. The molecular weight excluding hydrogens is 300 g/mol. The van der Waals surface area contributed by atoms with E-state index >= 15 is 0 Å². The van der Waals surface area contributed by atoms with Crippen molar-refractivity contribution in [2.24, 2.45) is 5.92 Å². The first-order valence-electron chi connectivity index (χ1n) is 7.94. The zero-order valence-corrected chi connectivity index (χ0v) is 13.7. The Hall–Kier alpha value is -1.17. The number of hydrogen-bond acceptors (Lipinski definition) is 4. The molecule has 2 aliphatic heterocycles. The molecule has 0 spiro atoms. The molecular formula is C16H25ClN4O. The number of carbonyl (C=O) groups is 1. The minimum absolute atomic E-state index is 0. The van der Waals surface area contributed by atoms with Crippen molar-refractivity contribution in [1.29, 1.82) is 0 Å². The zero-order valence-electron chi connectivity index (χ0n) is 12.9. The number of piperazine rings is 1. The van der Waals surface area contributed by atoms with Crippen LogP contribution in [0.3, 0.4) is 0 Å². The van der Waals surface area contributed by atoms with E-state index < -0.39 is 0 Å². The van der Waals surface area contributed by atoms with Gasteiger partial charge in [-0.15, -0.1) is 12.4 Å². The lowest BCUT2D eigenvalue weighted by molar-refractivity contribution is -0.137. The molecule has 2 fully saturated rings. The average Bonchev–Trinajstić information content (AvgIpc) is 2.57. The van der Waals surface area contributed by atoms with Crippen LogP contribution >= 0.6 is 12.4 Å². The second-order valence-corrected chi connectivity index (χ2v) is 6.00. The Morgan fingerprint density at radius 1 is 1.23 bits per heavy atom. The van der Waals surface area contributed by atoms with Crippen molar-refractivity contribution < 1.29 is 4.79 Å². The number of amides is 1. The van der Waals surface area contributed by atoms with Crippen LogP contribution in [0.15, 0.2) is 24.5 Å². The summed E-state index contributed by atoms with van der Waals surface area (Å²) in [5, 5.41) is 3.33. The maximum atomic E-state index is 12.5. The topological polar surface area (TPSA) is 48.5 Å². The summed E-state index contributed by atoms with van der Waals surface area (Å²) in [6, 6.07) is 4.12. The average molecular weight is 325 g/mol. The molecule has 0 unspecified atom stereocenters. The first kappa shape index (κ1) is 17.2. The summed E-state index contributed by atoms with van der Waals surface area (Å²) in [5.74, 6) is 0.552. The van der Waals surface area contributed by atoms with Gasteiger partial charge in [-0.05, 0) is 37.1 Å². The van der Waals surface area contributed by atoms with Crippen LogP contribution in [0.25, 0.3) is 0 Å². The number of halogens is 1. The van der Waals surface area contributed by atoms with Gasteiger partial charge in [-0.25, -0.2) is 0 Å². The largest absolute Gasteiger partial charge is 0.340 e. The number of rotatable bonds is 3. The van der Waals surface area contributed by atoms with Crippen LogP contribution < -0.4 is 5.32 Å². The molecule has 2 aliphatic rings.